The van der Waals surface area contributed by atoms with Crippen LogP contribution in [0.4, 0.5) is 0 Å². The molecule has 0 aromatic carbocycles. The molecule has 0 fully saturated rings. The van der Waals surface area contributed by atoms with Crippen molar-refractivity contribution < 1.29 is 4.79 Å². The summed E-state index contributed by atoms with van der Waals surface area (Å²) in [6.45, 7) is 8.95. The summed E-state index contributed by atoms with van der Waals surface area (Å²) in [6, 6.07) is -0.340. The molecule has 78 valence electrons. The number of amides is 1. The van der Waals surface area contributed by atoms with Crippen molar-refractivity contribution in [1.82, 2.24) is 5.32 Å². The van der Waals surface area contributed by atoms with E-state index in [4.69, 9.17) is 5.73 Å². The lowest BCUT2D eigenvalue weighted by Gasteiger charge is -2.20. The third-order valence-electron chi connectivity index (χ3n) is 1.73. The predicted octanol–water partition coefficient (Wildman–Crippen LogP) is 1.28. The Bertz CT molecular complexity index is 161. The van der Waals surface area contributed by atoms with Crippen LogP contribution in [0, 0.1) is 5.41 Å². The van der Waals surface area contributed by atoms with E-state index in [-0.39, 0.29) is 17.4 Å². The van der Waals surface area contributed by atoms with Crippen molar-refractivity contribution >= 4 is 5.91 Å². The Hall–Kier alpha value is -0.570. The Labute approximate surface area is 81.1 Å². The first-order chi connectivity index (χ1) is 5.87. The van der Waals surface area contributed by atoms with Crippen LogP contribution in [0.3, 0.4) is 0 Å². The Kier molecular flexibility index (Phi) is 4.99. The molecule has 0 aromatic rings. The quantitative estimate of drug-likeness (QED) is 0.695. The summed E-state index contributed by atoms with van der Waals surface area (Å²) in [5, 5.41) is 2.84. The van der Waals surface area contributed by atoms with E-state index >= 15 is 0 Å². The minimum absolute atomic E-state index is 0.0308. The van der Waals surface area contributed by atoms with Crippen molar-refractivity contribution in [2.24, 2.45) is 11.1 Å². The van der Waals surface area contributed by atoms with Crippen molar-refractivity contribution in [2.45, 2.75) is 46.6 Å². The van der Waals surface area contributed by atoms with Crippen LogP contribution in [-0.2, 0) is 4.79 Å². The molecule has 0 unspecified atom stereocenters. The first-order valence-corrected chi connectivity index (χ1v) is 4.90. The van der Waals surface area contributed by atoms with E-state index in [1.807, 2.05) is 6.92 Å². The Morgan fingerprint density at radius 2 is 2.00 bits per heavy atom. The zero-order valence-corrected chi connectivity index (χ0v) is 9.18. The number of nitrogens with one attached hydrogen (secondary N) is 1. The van der Waals surface area contributed by atoms with Gasteiger partial charge in [0, 0.05) is 6.54 Å². The van der Waals surface area contributed by atoms with E-state index in [2.05, 4.69) is 26.1 Å². The Morgan fingerprint density at radius 1 is 1.46 bits per heavy atom. The van der Waals surface area contributed by atoms with Gasteiger partial charge in [-0.3, -0.25) is 4.79 Å². The Morgan fingerprint density at radius 3 is 2.38 bits per heavy atom. The van der Waals surface area contributed by atoms with Gasteiger partial charge in [-0.2, -0.15) is 0 Å². The number of carbonyl (C=O) groups excluding carboxylic acids is 1. The fraction of sp³-hybridized carbons (Fsp3) is 0.900. The van der Waals surface area contributed by atoms with E-state index in [0.717, 1.165) is 12.8 Å². The topological polar surface area (TPSA) is 55.1 Å². The molecular weight excluding hydrogens is 164 g/mol. The molecule has 0 spiro atoms. The van der Waals surface area contributed by atoms with Crippen LogP contribution >= 0.6 is 0 Å². The van der Waals surface area contributed by atoms with Crippen LogP contribution in [0.25, 0.3) is 0 Å². The van der Waals surface area contributed by atoms with E-state index in [1.165, 1.54) is 0 Å². The van der Waals surface area contributed by atoms with E-state index in [0.29, 0.717) is 6.54 Å². The van der Waals surface area contributed by atoms with Gasteiger partial charge in [0.2, 0.25) is 5.91 Å². The van der Waals surface area contributed by atoms with Gasteiger partial charge in [0.25, 0.3) is 0 Å². The smallest absolute Gasteiger partial charge is 0.236 e. The van der Waals surface area contributed by atoms with E-state index < -0.39 is 0 Å². The van der Waals surface area contributed by atoms with Crippen LogP contribution in [-0.4, -0.2) is 18.5 Å². The lowest BCUT2D eigenvalue weighted by molar-refractivity contribution is -0.122. The van der Waals surface area contributed by atoms with Crippen LogP contribution in [0.15, 0.2) is 0 Å². The first kappa shape index (κ1) is 12.4. The zero-order valence-electron chi connectivity index (χ0n) is 9.18. The normalized spacial score (nSPS) is 13.9. The maximum Gasteiger partial charge on any atom is 0.236 e. The number of nitrogens with two attached hydrogens (primary N) is 1. The molecule has 0 radical (unpaired) electrons. The second-order valence-electron chi connectivity index (χ2n) is 4.67. The maximum absolute atomic E-state index is 11.3. The summed E-state index contributed by atoms with van der Waals surface area (Å²) in [4.78, 5) is 11.3. The third kappa shape index (κ3) is 6.58. The molecule has 13 heavy (non-hydrogen) atoms. The van der Waals surface area contributed by atoms with Gasteiger partial charge in [-0.05, 0) is 11.8 Å². The standard InChI is InChI=1S/C10H22N2O/c1-5-6-8(11)9(13)12-7-10(2,3)4/h8H,5-7,11H2,1-4H3,(H,12,13)/t8-/m1/s1. The highest BCUT2D eigenvalue weighted by atomic mass is 16.2. The van der Waals surface area contributed by atoms with Gasteiger partial charge >= 0.3 is 0 Å². The Balaban J connectivity index is 3.74. The molecule has 3 N–H and O–H groups in total. The van der Waals surface area contributed by atoms with Gasteiger partial charge in [-0.1, -0.05) is 34.1 Å². The van der Waals surface area contributed by atoms with Gasteiger partial charge in [0.15, 0.2) is 0 Å². The van der Waals surface area contributed by atoms with Crippen LogP contribution in [0.5, 0.6) is 0 Å². The van der Waals surface area contributed by atoms with Crippen molar-refractivity contribution in [1.29, 1.82) is 0 Å². The number of rotatable bonds is 4. The lowest BCUT2D eigenvalue weighted by Crippen LogP contribution is -2.43. The second kappa shape index (κ2) is 5.22. The molecule has 0 saturated heterocycles. The van der Waals surface area contributed by atoms with Crippen molar-refractivity contribution in [3.05, 3.63) is 0 Å². The maximum atomic E-state index is 11.3. The molecule has 1 amide bonds. The van der Waals surface area contributed by atoms with Crippen molar-refractivity contribution in [3.63, 3.8) is 0 Å². The van der Waals surface area contributed by atoms with Crippen LogP contribution < -0.4 is 11.1 Å². The first-order valence-electron chi connectivity index (χ1n) is 4.90. The third-order valence-corrected chi connectivity index (χ3v) is 1.73. The molecule has 0 aliphatic rings. The lowest BCUT2D eigenvalue weighted by atomic mass is 9.97. The van der Waals surface area contributed by atoms with Gasteiger partial charge in [-0.15, -0.1) is 0 Å². The van der Waals surface area contributed by atoms with E-state index in [9.17, 15) is 4.79 Å². The molecule has 0 aromatic heterocycles. The second-order valence-corrected chi connectivity index (χ2v) is 4.67. The highest BCUT2D eigenvalue weighted by Crippen LogP contribution is 2.10. The molecule has 0 bridgehead atoms. The fourth-order valence-corrected chi connectivity index (χ4v) is 0.925. The summed E-state index contributed by atoms with van der Waals surface area (Å²) >= 11 is 0. The summed E-state index contributed by atoms with van der Waals surface area (Å²) in [5.74, 6) is -0.0308. The summed E-state index contributed by atoms with van der Waals surface area (Å²) in [7, 11) is 0. The monoisotopic (exact) mass is 186 g/mol. The zero-order chi connectivity index (χ0) is 10.5. The van der Waals surface area contributed by atoms with Crippen molar-refractivity contribution in [3.8, 4) is 0 Å². The van der Waals surface area contributed by atoms with Gasteiger partial charge in [0.05, 0.1) is 6.04 Å². The summed E-state index contributed by atoms with van der Waals surface area (Å²) in [6.07, 6.45) is 1.71. The minimum atomic E-state index is -0.340. The molecule has 1 atom stereocenters. The molecule has 0 saturated carbocycles. The average molecular weight is 186 g/mol. The van der Waals surface area contributed by atoms with Crippen molar-refractivity contribution in [2.75, 3.05) is 6.54 Å². The molecule has 0 heterocycles. The summed E-state index contributed by atoms with van der Waals surface area (Å²) in [5.41, 5.74) is 5.77. The number of hydrogen-bond acceptors (Lipinski definition) is 2. The largest absolute Gasteiger partial charge is 0.354 e. The fourth-order valence-electron chi connectivity index (χ4n) is 0.925. The van der Waals surface area contributed by atoms with Gasteiger partial charge < -0.3 is 11.1 Å². The predicted molar refractivity (Wildman–Crippen MR) is 55.3 cm³/mol. The SMILES string of the molecule is CCC[C@@H](N)C(=O)NCC(C)(C)C. The van der Waals surface area contributed by atoms with Crippen LogP contribution in [0.2, 0.25) is 0 Å². The van der Waals surface area contributed by atoms with E-state index in [1.54, 1.807) is 0 Å². The molecule has 0 rings (SSSR count). The molecule has 0 aliphatic heterocycles. The van der Waals surface area contributed by atoms with Crippen LogP contribution in [0.1, 0.15) is 40.5 Å². The highest BCUT2D eigenvalue weighted by molar-refractivity contribution is 5.81. The molecule has 3 nitrogen and oxygen atoms in total. The molecular formula is C10H22N2O. The number of hydrogen-bond donors (Lipinski definition) is 2. The molecule has 0 aliphatic carbocycles. The van der Waals surface area contributed by atoms with Gasteiger partial charge in [-0.25, -0.2) is 0 Å². The number of carbonyl (C=O) groups is 1. The summed E-state index contributed by atoms with van der Waals surface area (Å²) < 4.78 is 0. The minimum Gasteiger partial charge on any atom is -0.354 e. The highest BCUT2D eigenvalue weighted by Gasteiger charge is 2.15. The molecule has 3 heteroatoms. The average Bonchev–Trinajstić information content (AvgIpc) is 1.99. The van der Waals surface area contributed by atoms with Gasteiger partial charge in [0.1, 0.15) is 0 Å².